The maximum absolute atomic E-state index is 11.8. The van der Waals surface area contributed by atoms with E-state index in [1.54, 1.807) is 18.2 Å². The maximum Gasteiger partial charge on any atom is 0.308 e. The number of nitrogens with zero attached hydrogens (tertiary/aromatic N) is 1. The lowest BCUT2D eigenvalue weighted by Gasteiger charge is -2.18. The van der Waals surface area contributed by atoms with E-state index in [0.717, 1.165) is 5.56 Å². The topological polar surface area (TPSA) is 66.8 Å². The lowest BCUT2D eigenvalue weighted by molar-refractivity contribution is -0.141. The number of rotatable bonds is 5. The number of ether oxygens (including phenoxy) is 1. The van der Waals surface area contributed by atoms with Gasteiger partial charge in [-0.3, -0.25) is 9.59 Å². The van der Waals surface area contributed by atoms with Gasteiger partial charge in [0.1, 0.15) is 5.75 Å². The number of aliphatic carboxylic acids is 1. The summed E-state index contributed by atoms with van der Waals surface area (Å²) in [5, 5.41) is 9.53. The molecule has 0 radical (unpaired) electrons. The fraction of sp³-hybridized carbons (Fsp3) is 0.429. The number of benzene rings is 1. The molecule has 1 unspecified atom stereocenters. The quantitative estimate of drug-likeness (QED) is 0.904. The molecule has 2 rings (SSSR count). The lowest BCUT2D eigenvalue weighted by atomic mass is 10.1. The molecular formula is C14H16ClNO4. The zero-order valence-corrected chi connectivity index (χ0v) is 11.9. The van der Waals surface area contributed by atoms with E-state index in [1.807, 2.05) is 6.92 Å². The Morgan fingerprint density at radius 1 is 1.55 bits per heavy atom. The van der Waals surface area contributed by atoms with Crippen molar-refractivity contribution in [2.24, 2.45) is 5.92 Å². The van der Waals surface area contributed by atoms with E-state index >= 15 is 0 Å². The SMILES string of the molecule is CCOc1ccc(Cl)cc1CN1CC(C(=O)O)CC1=O. The zero-order valence-electron chi connectivity index (χ0n) is 11.1. The summed E-state index contributed by atoms with van der Waals surface area (Å²) in [7, 11) is 0. The molecule has 1 aromatic rings. The van der Waals surface area contributed by atoms with E-state index in [2.05, 4.69) is 0 Å². The molecule has 0 spiro atoms. The minimum Gasteiger partial charge on any atom is -0.494 e. The third-order valence-corrected chi connectivity index (χ3v) is 3.48. The van der Waals surface area contributed by atoms with Crippen LogP contribution in [0.5, 0.6) is 5.75 Å². The van der Waals surface area contributed by atoms with Crippen LogP contribution in [0.4, 0.5) is 0 Å². The van der Waals surface area contributed by atoms with Crippen molar-refractivity contribution in [3.63, 3.8) is 0 Å². The molecule has 0 aromatic heterocycles. The number of carboxylic acid groups (broad SMARTS) is 1. The van der Waals surface area contributed by atoms with Crippen LogP contribution in [0.2, 0.25) is 5.02 Å². The van der Waals surface area contributed by atoms with Crippen LogP contribution in [0.1, 0.15) is 18.9 Å². The number of carboxylic acids is 1. The first-order chi connectivity index (χ1) is 9.51. The van der Waals surface area contributed by atoms with E-state index in [1.165, 1.54) is 4.90 Å². The highest BCUT2D eigenvalue weighted by Crippen LogP contribution is 2.27. The molecular weight excluding hydrogens is 282 g/mol. The van der Waals surface area contributed by atoms with E-state index in [-0.39, 0.29) is 18.9 Å². The Kier molecular flexibility index (Phi) is 4.49. The summed E-state index contributed by atoms with van der Waals surface area (Å²) < 4.78 is 5.50. The van der Waals surface area contributed by atoms with Crippen LogP contribution >= 0.6 is 11.6 Å². The molecule has 5 nitrogen and oxygen atoms in total. The van der Waals surface area contributed by atoms with Crippen LogP contribution in [0.15, 0.2) is 18.2 Å². The summed E-state index contributed by atoms with van der Waals surface area (Å²) in [6, 6.07) is 5.23. The number of hydrogen-bond donors (Lipinski definition) is 1. The molecule has 0 bridgehead atoms. The van der Waals surface area contributed by atoms with Crippen LogP contribution in [-0.2, 0) is 16.1 Å². The summed E-state index contributed by atoms with van der Waals surface area (Å²) in [6.45, 7) is 2.94. The van der Waals surface area contributed by atoms with Gasteiger partial charge < -0.3 is 14.7 Å². The molecule has 1 fully saturated rings. The van der Waals surface area contributed by atoms with Gasteiger partial charge in [0.15, 0.2) is 0 Å². The van der Waals surface area contributed by atoms with E-state index in [9.17, 15) is 9.59 Å². The molecule has 1 amide bonds. The molecule has 1 saturated heterocycles. The van der Waals surface area contributed by atoms with Gasteiger partial charge in [-0.1, -0.05) is 11.6 Å². The molecule has 1 aliphatic heterocycles. The second-order valence-electron chi connectivity index (χ2n) is 4.70. The predicted octanol–water partition coefficient (Wildman–Crippen LogP) is 2.17. The summed E-state index contributed by atoms with van der Waals surface area (Å²) in [5.41, 5.74) is 0.790. The molecule has 6 heteroatoms. The molecule has 1 N–H and O–H groups in total. The van der Waals surface area contributed by atoms with Crippen molar-refractivity contribution in [2.75, 3.05) is 13.2 Å². The lowest BCUT2D eigenvalue weighted by Crippen LogP contribution is -2.26. The van der Waals surface area contributed by atoms with Crippen molar-refractivity contribution in [3.05, 3.63) is 28.8 Å². The van der Waals surface area contributed by atoms with Gasteiger partial charge >= 0.3 is 5.97 Å². The smallest absolute Gasteiger partial charge is 0.308 e. The van der Waals surface area contributed by atoms with Gasteiger partial charge in [0.2, 0.25) is 5.91 Å². The third-order valence-electron chi connectivity index (χ3n) is 3.25. The monoisotopic (exact) mass is 297 g/mol. The van der Waals surface area contributed by atoms with Crippen molar-refractivity contribution in [1.29, 1.82) is 0 Å². The van der Waals surface area contributed by atoms with Crippen molar-refractivity contribution < 1.29 is 19.4 Å². The summed E-state index contributed by atoms with van der Waals surface area (Å²) >= 11 is 5.96. The van der Waals surface area contributed by atoms with Crippen LogP contribution in [0.25, 0.3) is 0 Å². The van der Waals surface area contributed by atoms with Crippen LogP contribution in [0, 0.1) is 5.92 Å². The van der Waals surface area contributed by atoms with Gasteiger partial charge in [0.25, 0.3) is 0 Å². The number of carbonyl (C=O) groups is 2. The molecule has 1 atom stereocenters. The minimum absolute atomic E-state index is 0.0554. The first-order valence-corrected chi connectivity index (χ1v) is 6.81. The fourth-order valence-electron chi connectivity index (χ4n) is 2.26. The van der Waals surface area contributed by atoms with E-state index in [0.29, 0.717) is 23.9 Å². The molecule has 20 heavy (non-hydrogen) atoms. The Hall–Kier alpha value is -1.75. The first-order valence-electron chi connectivity index (χ1n) is 6.43. The van der Waals surface area contributed by atoms with Gasteiger partial charge in [-0.15, -0.1) is 0 Å². The number of halogens is 1. The third kappa shape index (κ3) is 3.22. The molecule has 1 aromatic carbocycles. The fourth-order valence-corrected chi connectivity index (χ4v) is 2.46. The van der Waals surface area contributed by atoms with Gasteiger partial charge in [0, 0.05) is 30.1 Å². The predicted molar refractivity (Wildman–Crippen MR) is 73.8 cm³/mol. The Balaban J connectivity index is 2.15. The van der Waals surface area contributed by atoms with E-state index < -0.39 is 11.9 Å². The summed E-state index contributed by atoms with van der Waals surface area (Å²) in [4.78, 5) is 24.3. The average Bonchev–Trinajstić information content (AvgIpc) is 2.75. The first kappa shape index (κ1) is 14.7. The molecule has 0 aliphatic carbocycles. The van der Waals surface area contributed by atoms with Crippen molar-refractivity contribution in [3.8, 4) is 5.75 Å². The Bertz CT molecular complexity index is 532. The molecule has 1 aliphatic rings. The highest BCUT2D eigenvalue weighted by molar-refractivity contribution is 6.30. The molecule has 108 valence electrons. The Morgan fingerprint density at radius 3 is 2.90 bits per heavy atom. The van der Waals surface area contributed by atoms with Gasteiger partial charge in [0.05, 0.1) is 12.5 Å². The second kappa shape index (κ2) is 6.13. The van der Waals surface area contributed by atoms with Gasteiger partial charge in [-0.2, -0.15) is 0 Å². The second-order valence-corrected chi connectivity index (χ2v) is 5.14. The average molecular weight is 298 g/mol. The number of likely N-dealkylation sites (tertiary alicyclic amines) is 1. The number of amides is 1. The van der Waals surface area contributed by atoms with Crippen LogP contribution in [-0.4, -0.2) is 35.0 Å². The molecule has 1 heterocycles. The van der Waals surface area contributed by atoms with Gasteiger partial charge in [-0.05, 0) is 25.1 Å². The number of carbonyl (C=O) groups excluding carboxylic acids is 1. The summed E-state index contributed by atoms with van der Waals surface area (Å²) in [5.74, 6) is -1.04. The van der Waals surface area contributed by atoms with Crippen molar-refractivity contribution in [1.82, 2.24) is 4.90 Å². The number of hydrogen-bond acceptors (Lipinski definition) is 3. The van der Waals surface area contributed by atoms with Crippen LogP contribution in [0.3, 0.4) is 0 Å². The summed E-state index contributed by atoms with van der Waals surface area (Å²) in [6.07, 6.45) is 0.0554. The highest BCUT2D eigenvalue weighted by Gasteiger charge is 2.34. The van der Waals surface area contributed by atoms with Crippen molar-refractivity contribution in [2.45, 2.75) is 19.9 Å². The highest BCUT2D eigenvalue weighted by atomic mass is 35.5. The Morgan fingerprint density at radius 2 is 2.30 bits per heavy atom. The normalized spacial score (nSPS) is 18.4. The van der Waals surface area contributed by atoms with E-state index in [4.69, 9.17) is 21.4 Å². The zero-order chi connectivity index (χ0) is 14.7. The molecule has 0 saturated carbocycles. The maximum atomic E-state index is 11.8. The standard InChI is InChI=1S/C14H16ClNO4/c1-2-20-12-4-3-11(15)5-9(12)7-16-8-10(14(18)19)6-13(16)17/h3-5,10H,2,6-8H2,1H3,(H,18,19). The minimum atomic E-state index is -0.933. The van der Waals surface area contributed by atoms with Crippen molar-refractivity contribution >= 4 is 23.5 Å². The largest absolute Gasteiger partial charge is 0.494 e. The van der Waals surface area contributed by atoms with Crippen LogP contribution < -0.4 is 4.74 Å². The Labute approximate surface area is 122 Å². The van der Waals surface area contributed by atoms with Gasteiger partial charge in [-0.25, -0.2) is 0 Å².